The molecule has 1 fully saturated rings. The molecule has 1 aliphatic rings. The molecule has 0 aromatic carbocycles. The lowest BCUT2D eigenvalue weighted by Gasteiger charge is -2.35. The molecular formula is C20H35N3O2. The third-order valence-corrected chi connectivity index (χ3v) is 5.20. The Morgan fingerprint density at radius 1 is 1.24 bits per heavy atom. The van der Waals surface area contributed by atoms with Gasteiger partial charge in [-0.3, -0.25) is 4.99 Å². The van der Waals surface area contributed by atoms with Crippen molar-refractivity contribution in [2.45, 2.75) is 64.7 Å². The third kappa shape index (κ3) is 7.10. The molecule has 1 saturated carbocycles. The maximum Gasteiger partial charge on any atom is 0.191 e. The monoisotopic (exact) mass is 349 g/mol. The summed E-state index contributed by atoms with van der Waals surface area (Å²) in [7, 11) is 0. The van der Waals surface area contributed by atoms with E-state index >= 15 is 0 Å². The van der Waals surface area contributed by atoms with E-state index in [1.54, 1.807) is 6.26 Å². The number of aliphatic hydroxyl groups excluding tert-OH is 1. The number of guanidine groups is 1. The standard InChI is InChI=1S/C20H35N3O2/c1-2-3-13-21-19(22-14-9-18-8-7-16-25-18)23-17-20(12-15-24)10-5-4-6-11-20/h7-8,16,24H,2-6,9-15,17H2,1H3,(H2,21,22,23). The molecule has 3 N–H and O–H groups in total. The molecule has 0 bridgehead atoms. The zero-order valence-corrected chi connectivity index (χ0v) is 15.7. The van der Waals surface area contributed by atoms with Gasteiger partial charge in [0.25, 0.3) is 0 Å². The van der Waals surface area contributed by atoms with Crippen molar-refractivity contribution in [2.75, 3.05) is 26.2 Å². The zero-order valence-electron chi connectivity index (χ0n) is 15.7. The number of unbranched alkanes of at least 4 members (excludes halogenated alkanes) is 1. The van der Waals surface area contributed by atoms with E-state index in [0.717, 1.165) is 50.6 Å². The first kappa shape index (κ1) is 19.8. The van der Waals surface area contributed by atoms with Crippen LogP contribution >= 0.6 is 0 Å². The van der Waals surface area contributed by atoms with Gasteiger partial charge in [0.1, 0.15) is 5.76 Å². The molecule has 1 aliphatic carbocycles. The Bertz CT molecular complexity index is 474. The molecule has 1 aromatic heterocycles. The predicted octanol–water partition coefficient (Wildman–Crippen LogP) is 3.49. The van der Waals surface area contributed by atoms with Crippen LogP contribution in [0.25, 0.3) is 0 Å². The maximum atomic E-state index is 9.48. The molecule has 5 nitrogen and oxygen atoms in total. The van der Waals surface area contributed by atoms with E-state index < -0.39 is 0 Å². The summed E-state index contributed by atoms with van der Waals surface area (Å²) < 4.78 is 5.39. The van der Waals surface area contributed by atoms with E-state index in [2.05, 4.69) is 17.6 Å². The molecule has 0 saturated heterocycles. The molecular weight excluding hydrogens is 314 g/mol. The normalized spacial score (nSPS) is 17.4. The minimum atomic E-state index is 0.188. The Labute approximate surface area is 152 Å². The van der Waals surface area contributed by atoms with Gasteiger partial charge in [0.05, 0.1) is 6.26 Å². The van der Waals surface area contributed by atoms with Gasteiger partial charge < -0.3 is 20.2 Å². The number of rotatable bonds is 10. The molecule has 2 rings (SSSR count). The van der Waals surface area contributed by atoms with E-state index in [0.29, 0.717) is 0 Å². The van der Waals surface area contributed by atoms with Crippen molar-refractivity contribution in [3.8, 4) is 0 Å². The number of furan rings is 1. The van der Waals surface area contributed by atoms with Crippen LogP contribution in [-0.2, 0) is 6.42 Å². The van der Waals surface area contributed by atoms with Gasteiger partial charge in [0.15, 0.2) is 5.96 Å². The smallest absolute Gasteiger partial charge is 0.191 e. The lowest BCUT2D eigenvalue weighted by molar-refractivity contribution is 0.137. The van der Waals surface area contributed by atoms with Gasteiger partial charge in [-0.05, 0) is 43.2 Å². The SMILES string of the molecule is CCCCNC(=NCC1(CCO)CCCCC1)NCCc1ccco1. The van der Waals surface area contributed by atoms with Gasteiger partial charge in [-0.2, -0.15) is 0 Å². The number of hydrogen-bond acceptors (Lipinski definition) is 3. The fraction of sp³-hybridized carbons (Fsp3) is 0.750. The Morgan fingerprint density at radius 2 is 2.04 bits per heavy atom. The van der Waals surface area contributed by atoms with Crippen LogP contribution in [0.5, 0.6) is 0 Å². The summed E-state index contributed by atoms with van der Waals surface area (Å²) in [6, 6.07) is 3.92. The van der Waals surface area contributed by atoms with Gasteiger partial charge >= 0.3 is 0 Å². The summed E-state index contributed by atoms with van der Waals surface area (Å²) in [6.07, 6.45) is 12.0. The van der Waals surface area contributed by atoms with E-state index in [9.17, 15) is 5.11 Å². The molecule has 5 heteroatoms. The zero-order chi connectivity index (χ0) is 17.8. The maximum absolute atomic E-state index is 9.48. The van der Waals surface area contributed by atoms with Crippen molar-refractivity contribution >= 4 is 5.96 Å². The highest BCUT2D eigenvalue weighted by Crippen LogP contribution is 2.39. The molecule has 0 unspecified atom stereocenters. The van der Waals surface area contributed by atoms with E-state index in [1.165, 1.54) is 38.5 Å². The van der Waals surface area contributed by atoms with Crippen LogP contribution in [0.4, 0.5) is 0 Å². The number of hydrogen-bond donors (Lipinski definition) is 3. The Balaban J connectivity index is 1.90. The summed E-state index contributed by atoms with van der Waals surface area (Å²) in [5, 5.41) is 16.4. The first-order valence-electron chi connectivity index (χ1n) is 9.93. The molecule has 0 atom stereocenters. The van der Waals surface area contributed by atoms with Crippen molar-refractivity contribution in [1.29, 1.82) is 0 Å². The highest BCUT2D eigenvalue weighted by Gasteiger charge is 2.31. The Morgan fingerprint density at radius 3 is 2.72 bits per heavy atom. The third-order valence-electron chi connectivity index (χ3n) is 5.20. The topological polar surface area (TPSA) is 69.8 Å². The van der Waals surface area contributed by atoms with Crippen molar-refractivity contribution in [2.24, 2.45) is 10.4 Å². The second kappa shape index (κ2) is 11.2. The van der Waals surface area contributed by atoms with Gasteiger partial charge in [-0.15, -0.1) is 0 Å². The highest BCUT2D eigenvalue weighted by molar-refractivity contribution is 5.79. The summed E-state index contributed by atoms with van der Waals surface area (Å²) in [5.74, 6) is 1.88. The first-order valence-corrected chi connectivity index (χ1v) is 9.93. The van der Waals surface area contributed by atoms with Gasteiger partial charge in [-0.25, -0.2) is 0 Å². The van der Waals surface area contributed by atoms with Gasteiger partial charge in [-0.1, -0.05) is 32.6 Å². The fourth-order valence-corrected chi connectivity index (χ4v) is 3.59. The number of aliphatic imine (C=N–C) groups is 1. The predicted molar refractivity (Wildman–Crippen MR) is 103 cm³/mol. The molecule has 142 valence electrons. The van der Waals surface area contributed by atoms with Crippen LogP contribution in [0, 0.1) is 5.41 Å². The molecule has 0 spiro atoms. The summed E-state index contributed by atoms with van der Waals surface area (Å²) in [4.78, 5) is 4.88. The Hall–Kier alpha value is -1.49. The van der Waals surface area contributed by atoms with Crippen molar-refractivity contribution in [1.82, 2.24) is 10.6 Å². The highest BCUT2D eigenvalue weighted by atomic mass is 16.3. The van der Waals surface area contributed by atoms with Crippen LogP contribution < -0.4 is 10.6 Å². The van der Waals surface area contributed by atoms with Crippen LogP contribution in [0.2, 0.25) is 0 Å². The van der Waals surface area contributed by atoms with Crippen molar-refractivity contribution < 1.29 is 9.52 Å². The molecule has 0 amide bonds. The Kier molecular flexibility index (Phi) is 8.87. The summed E-state index contributed by atoms with van der Waals surface area (Å²) in [5.41, 5.74) is 0.188. The number of aliphatic hydroxyl groups is 1. The van der Waals surface area contributed by atoms with Crippen LogP contribution in [0.1, 0.15) is 64.1 Å². The van der Waals surface area contributed by atoms with Crippen LogP contribution in [0.3, 0.4) is 0 Å². The second-order valence-corrected chi connectivity index (χ2v) is 7.24. The lowest BCUT2D eigenvalue weighted by atomic mass is 9.72. The van der Waals surface area contributed by atoms with Crippen LogP contribution in [0.15, 0.2) is 27.8 Å². The van der Waals surface area contributed by atoms with E-state index in [1.807, 2.05) is 12.1 Å². The summed E-state index contributed by atoms with van der Waals surface area (Å²) in [6.45, 7) is 5.01. The van der Waals surface area contributed by atoms with E-state index in [4.69, 9.17) is 9.41 Å². The lowest BCUT2D eigenvalue weighted by Crippen LogP contribution is -2.40. The van der Waals surface area contributed by atoms with Gasteiger partial charge in [0.2, 0.25) is 0 Å². The average Bonchev–Trinajstić information content (AvgIpc) is 3.14. The fourth-order valence-electron chi connectivity index (χ4n) is 3.59. The molecule has 0 radical (unpaired) electrons. The van der Waals surface area contributed by atoms with Gasteiger partial charge in [0, 0.05) is 32.7 Å². The number of nitrogens with one attached hydrogen (secondary N) is 2. The molecule has 1 aromatic rings. The average molecular weight is 350 g/mol. The summed E-state index contributed by atoms with van der Waals surface area (Å²) >= 11 is 0. The quantitative estimate of drug-likeness (QED) is 0.343. The first-order chi connectivity index (χ1) is 12.3. The van der Waals surface area contributed by atoms with E-state index in [-0.39, 0.29) is 12.0 Å². The minimum absolute atomic E-state index is 0.188. The second-order valence-electron chi connectivity index (χ2n) is 7.24. The van der Waals surface area contributed by atoms with Crippen molar-refractivity contribution in [3.05, 3.63) is 24.2 Å². The van der Waals surface area contributed by atoms with Crippen LogP contribution in [-0.4, -0.2) is 37.3 Å². The largest absolute Gasteiger partial charge is 0.469 e. The molecule has 25 heavy (non-hydrogen) atoms. The van der Waals surface area contributed by atoms with Crippen molar-refractivity contribution in [3.63, 3.8) is 0 Å². The molecule has 1 heterocycles. The molecule has 0 aliphatic heterocycles. The number of nitrogens with zero attached hydrogens (tertiary/aromatic N) is 1. The minimum Gasteiger partial charge on any atom is -0.469 e.